The first-order valence-electron chi connectivity index (χ1n) is 9.62. The van der Waals surface area contributed by atoms with Crippen molar-refractivity contribution in [1.29, 1.82) is 0 Å². The number of hydroxylamine groups is 2. The molecule has 10 heteroatoms. The normalized spacial score (nSPS) is 16.0. The Kier molecular flexibility index (Phi) is 9.36. The van der Waals surface area contributed by atoms with Crippen LogP contribution < -0.4 is 4.90 Å². The molecule has 0 saturated carbocycles. The Hall–Kier alpha value is -1.67. The highest BCUT2D eigenvalue weighted by Crippen LogP contribution is 2.18. The molecule has 2 heterocycles. The van der Waals surface area contributed by atoms with Gasteiger partial charge in [-0.2, -0.15) is 4.31 Å². The molecule has 8 nitrogen and oxygen atoms in total. The molecule has 0 bridgehead atoms. The molecule has 2 rings (SSSR count). The molecule has 0 spiro atoms. The number of amides is 1. The van der Waals surface area contributed by atoms with E-state index in [1.165, 1.54) is 4.31 Å². The van der Waals surface area contributed by atoms with Crippen molar-refractivity contribution in [1.82, 2.24) is 14.4 Å². The average molecular weight is 487 g/mol. The van der Waals surface area contributed by atoms with Crippen LogP contribution in [0.15, 0.2) is 22.8 Å². The van der Waals surface area contributed by atoms with Gasteiger partial charge in [0.1, 0.15) is 11.9 Å². The van der Waals surface area contributed by atoms with Crippen LogP contribution in [-0.2, 0) is 14.8 Å². The fraction of sp³-hybridized carbons (Fsp3) is 0.579. The summed E-state index contributed by atoms with van der Waals surface area (Å²) in [6.07, 6.45) is 5.50. The van der Waals surface area contributed by atoms with Crippen molar-refractivity contribution in [3.8, 4) is 11.8 Å². The zero-order chi connectivity index (χ0) is 21.3. The zero-order valence-electron chi connectivity index (χ0n) is 16.5. The lowest BCUT2D eigenvalue weighted by Crippen LogP contribution is -2.51. The van der Waals surface area contributed by atoms with Gasteiger partial charge in [0.05, 0.1) is 5.75 Å². The van der Waals surface area contributed by atoms with Gasteiger partial charge in [-0.05, 0) is 34.5 Å². The number of pyridine rings is 1. The lowest BCUT2D eigenvalue weighted by Gasteiger charge is -2.35. The summed E-state index contributed by atoms with van der Waals surface area (Å²) in [4.78, 5) is 17.3. The first-order chi connectivity index (χ1) is 13.9. The molecule has 0 aliphatic carbocycles. The second-order valence-electron chi connectivity index (χ2n) is 6.78. The number of rotatable bonds is 9. The molecule has 0 aromatic carbocycles. The molecular weight excluding hydrogens is 460 g/mol. The van der Waals surface area contributed by atoms with Crippen molar-refractivity contribution in [3.05, 3.63) is 22.8 Å². The maximum atomic E-state index is 12.8. The van der Waals surface area contributed by atoms with Crippen molar-refractivity contribution in [3.63, 3.8) is 0 Å². The number of nitrogens with zero attached hydrogens (tertiary/aromatic N) is 4. The van der Waals surface area contributed by atoms with Crippen LogP contribution in [0, 0.1) is 11.8 Å². The minimum Gasteiger partial charge on any atom is -0.354 e. The molecule has 1 atom stereocenters. The number of anilines is 1. The summed E-state index contributed by atoms with van der Waals surface area (Å²) in [6, 6.07) is 2.70. The molecule has 0 radical (unpaired) electrons. The van der Waals surface area contributed by atoms with Crippen molar-refractivity contribution < 1.29 is 18.4 Å². The van der Waals surface area contributed by atoms with Gasteiger partial charge in [0, 0.05) is 43.3 Å². The van der Waals surface area contributed by atoms with E-state index in [1.807, 2.05) is 17.0 Å². The zero-order valence-corrected chi connectivity index (χ0v) is 18.9. The highest BCUT2D eigenvalue weighted by Gasteiger charge is 2.31. The van der Waals surface area contributed by atoms with Crippen molar-refractivity contribution in [2.75, 3.05) is 36.8 Å². The fourth-order valence-electron chi connectivity index (χ4n) is 2.97. The summed E-state index contributed by atoms with van der Waals surface area (Å²) in [6.45, 7) is 3.72. The minimum atomic E-state index is -3.68. The second kappa shape index (κ2) is 11.5. The number of piperazine rings is 1. The van der Waals surface area contributed by atoms with E-state index in [-0.39, 0.29) is 6.41 Å². The highest BCUT2D eigenvalue weighted by molar-refractivity contribution is 9.10. The molecule has 160 valence electrons. The summed E-state index contributed by atoms with van der Waals surface area (Å²) in [5.41, 5.74) is 0. The molecule has 1 saturated heterocycles. The Morgan fingerprint density at radius 1 is 1.31 bits per heavy atom. The maximum absolute atomic E-state index is 12.8. The standard InChI is InChI=1S/C19H27BrN4O4S/c1-2-3-4-5-6-7-18(24(26)16-25)15-29(27,28)23-12-10-22(11-13-23)19-9-8-17(20)14-21-19/h8-9,14,16,18,26H,2-5,10-13,15H2,1H3. The van der Waals surface area contributed by atoms with Crippen LogP contribution in [0.2, 0.25) is 0 Å². The van der Waals surface area contributed by atoms with E-state index >= 15 is 0 Å². The summed E-state index contributed by atoms with van der Waals surface area (Å²) < 4.78 is 27.9. The first kappa shape index (κ1) is 23.6. The second-order valence-corrected chi connectivity index (χ2v) is 9.71. The van der Waals surface area contributed by atoms with Gasteiger partial charge in [-0.3, -0.25) is 10.0 Å². The van der Waals surface area contributed by atoms with Gasteiger partial charge < -0.3 is 4.90 Å². The maximum Gasteiger partial charge on any atom is 0.234 e. The van der Waals surface area contributed by atoms with Gasteiger partial charge in [-0.15, -0.1) is 5.92 Å². The summed E-state index contributed by atoms with van der Waals surface area (Å²) in [7, 11) is -3.68. The average Bonchev–Trinajstić information content (AvgIpc) is 2.72. The molecule has 29 heavy (non-hydrogen) atoms. The van der Waals surface area contributed by atoms with Crippen molar-refractivity contribution >= 4 is 38.2 Å². The minimum absolute atomic E-state index is 0.193. The molecule has 1 aliphatic heterocycles. The lowest BCUT2D eigenvalue weighted by atomic mass is 10.2. The molecule has 1 N–H and O–H groups in total. The monoisotopic (exact) mass is 486 g/mol. The molecule has 1 aliphatic rings. The largest absolute Gasteiger partial charge is 0.354 e. The van der Waals surface area contributed by atoms with Crippen LogP contribution >= 0.6 is 15.9 Å². The van der Waals surface area contributed by atoms with Crippen LogP contribution in [0.3, 0.4) is 0 Å². The third-order valence-electron chi connectivity index (χ3n) is 4.64. The van der Waals surface area contributed by atoms with E-state index in [0.717, 1.165) is 29.6 Å². The fourth-order valence-corrected chi connectivity index (χ4v) is 4.77. The number of unbranched alkanes of at least 4 members (excludes halogenated alkanes) is 3. The van der Waals surface area contributed by atoms with Crippen LogP contribution in [0.4, 0.5) is 5.82 Å². The number of sulfonamides is 1. The van der Waals surface area contributed by atoms with Crippen LogP contribution in [-0.4, -0.2) is 72.4 Å². The Morgan fingerprint density at radius 2 is 2.03 bits per heavy atom. The number of hydrogen-bond acceptors (Lipinski definition) is 6. The number of carbonyl (C=O) groups is 1. The van der Waals surface area contributed by atoms with Gasteiger partial charge in [-0.1, -0.05) is 25.7 Å². The molecule has 1 unspecified atom stereocenters. The van der Waals surface area contributed by atoms with Gasteiger partial charge in [0.25, 0.3) is 0 Å². The van der Waals surface area contributed by atoms with E-state index in [4.69, 9.17) is 0 Å². The topological polar surface area (TPSA) is 94.1 Å². The summed E-state index contributed by atoms with van der Waals surface area (Å²) in [5.74, 6) is 5.97. The van der Waals surface area contributed by atoms with E-state index in [1.54, 1.807) is 6.20 Å². The lowest BCUT2D eigenvalue weighted by molar-refractivity contribution is -0.153. The Bertz CT molecular complexity index is 815. The quantitative estimate of drug-likeness (QED) is 0.189. The van der Waals surface area contributed by atoms with Gasteiger partial charge in [0.2, 0.25) is 16.4 Å². The van der Waals surface area contributed by atoms with Gasteiger partial charge >= 0.3 is 0 Å². The van der Waals surface area contributed by atoms with E-state index in [2.05, 4.69) is 39.7 Å². The van der Waals surface area contributed by atoms with Crippen LogP contribution in [0.25, 0.3) is 0 Å². The number of aromatic nitrogens is 1. The SMILES string of the molecule is CCCCCC#CC(CS(=O)(=O)N1CCN(c2ccc(Br)cn2)CC1)N(O)C=O. The van der Waals surface area contributed by atoms with E-state index in [9.17, 15) is 18.4 Å². The highest BCUT2D eigenvalue weighted by atomic mass is 79.9. The van der Waals surface area contributed by atoms with Crippen LogP contribution in [0.1, 0.15) is 32.6 Å². The van der Waals surface area contributed by atoms with Gasteiger partial charge in [0.15, 0.2) is 0 Å². The molecule has 1 aromatic rings. The summed E-state index contributed by atoms with van der Waals surface area (Å²) >= 11 is 3.35. The predicted octanol–water partition coefficient (Wildman–Crippen LogP) is 2.10. The number of halogens is 1. The van der Waals surface area contributed by atoms with Crippen molar-refractivity contribution in [2.45, 2.75) is 38.6 Å². The number of carbonyl (C=O) groups excluding carboxylic acids is 1. The number of hydrogen-bond donors (Lipinski definition) is 1. The predicted molar refractivity (Wildman–Crippen MR) is 115 cm³/mol. The smallest absolute Gasteiger partial charge is 0.234 e. The third-order valence-corrected chi connectivity index (χ3v) is 7.00. The van der Waals surface area contributed by atoms with E-state index < -0.39 is 21.8 Å². The van der Waals surface area contributed by atoms with E-state index in [0.29, 0.717) is 37.7 Å². The molecule has 1 fully saturated rings. The Balaban J connectivity index is 1.97. The molecular formula is C19H27BrN4O4S. The molecule has 1 amide bonds. The molecule has 1 aromatic heterocycles. The Labute approximate surface area is 181 Å². The first-order valence-corrected chi connectivity index (χ1v) is 12.0. The van der Waals surface area contributed by atoms with Gasteiger partial charge in [-0.25, -0.2) is 18.5 Å². The van der Waals surface area contributed by atoms with Crippen molar-refractivity contribution in [2.24, 2.45) is 0 Å². The van der Waals surface area contributed by atoms with Crippen LogP contribution in [0.5, 0.6) is 0 Å². The third kappa shape index (κ3) is 7.26. The summed E-state index contributed by atoms with van der Waals surface area (Å²) in [5, 5.41) is 10.1. The Morgan fingerprint density at radius 3 is 2.62 bits per heavy atom.